The number of benzene rings is 2. The number of nitrogens with zero attached hydrogens (tertiary/aromatic N) is 2. The highest BCUT2D eigenvalue weighted by Gasteiger charge is 2.48. The Morgan fingerprint density at radius 3 is 2.42 bits per heavy atom. The summed E-state index contributed by atoms with van der Waals surface area (Å²) >= 11 is 0. The fourth-order valence-corrected chi connectivity index (χ4v) is 4.27. The van der Waals surface area contributed by atoms with Gasteiger partial charge >= 0.3 is 0 Å². The van der Waals surface area contributed by atoms with Crippen molar-refractivity contribution in [2.75, 3.05) is 7.05 Å². The Balaban J connectivity index is 1.67. The maximum Gasteiger partial charge on any atom is 0.277 e. The van der Waals surface area contributed by atoms with E-state index in [1.54, 1.807) is 24.3 Å². The Hall–Kier alpha value is -4.00. The molecule has 3 heterocycles. The molecule has 1 atom stereocenters. The SMILES string of the molecule is CN1C(=O)C2=C(C1=O)N(Cc1ccccc1)C(=O)CC2c1coc2ccccc2c1=O. The van der Waals surface area contributed by atoms with E-state index >= 15 is 0 Å². The van der Waals surface area contributed by atoms with E-state index in [0.29, 0.717) is 11.0 Å². The lowest BCUT2D eigenvalue weighted by molar-refractivity contribution is -0.138. The summed E-state index contributed by atoms with van der Waals surface area (Å²) in [5.74, 6) is -2.20. The van der Waals surface area contributed by atoms with Gasteiger partial charge in [-0.15, -0.1) is 0 Å². The molecule has 0 spiro atoms. The van der Waals surface area contributed by atoms with Gasteiger partial charge < -0.3 is 9.32 Å². The zero-order valence-corrected chi connectivity index (χ0v) is 16.7. The van der Waals surface area contributed by atoms with Gasteiger partial charge in [-0.3, -0.25) is 24.1 Å². The number of likely N-dealkylation sites (N-methyl/N-ethyl adjacent to an activating group) is 1. The second kappa shape index (κ2) is 7.05. The van der Waals surface area contributed by atoms with E-state index in [0.717, 1.165) is 10.5 Å². The van der Waals surface area contributed by atoms with Crippen LogP contribution in [0.4, 0.5) is 0 Å². The number of amides is 3. The smallest absolute Gasteiger partial charge is 0.277 e. The molecule has 31 heavy (non-hydrogen) atoms. The van der Waals surface area contributed by atoms with Crippen molar-refractivity contribution in [3.63, 3.8) is 0 Å². The van der Waals surface area contributed by atoms with Gasteiger partial charge in [0.15, 0.2) is 5.43 Å². The lowest BCUT2D eigenvalue weighted by Crippen LogP contribution is -2.39. The third-order valence-corrected chi connectivity index (χ3v) is 5.86. The maximum absolute atomic E-state index is 13.1. The number of fused-ring (bicyclic) bond motifs is 1. The standard InChI is InChI=1S/C24H18N2O5/c1-25-23(29)20-16(17-13-31-18-10-6-5-9-15(18)22(17)28)11-19(27)26(21(20)24(25)30)12-14-7-3-2-4-8-14/h2-10,13,16H,11-12H2,1H3. The second-order valence-corrected chi connectivity index (χ2v) is 7.67. The number of carbonyl (C=O) groups excluding carboxylic acids is 3. The zero-order valence-electron chi connectivity index (χ0n) is 16.7. The van der Waals surface area contributed by atoms with Crippen LogP contribution < -0.4 is 5.43 Å². The summed E-state index contributed by atoms with van der Waals surface area (Å²) in [7, 11) is 1.38. The minimum Gasteiger partial charge on any atom is -0.464 e. The highest BCUT2D eigenvalue weighted by atomic mass is 16.3. The van der Waals surface area contributed by atoms with Gasteiger partial charge in [0.05, 0.1) is 23.8 Å². The van der Waals surface area contributed by atoms with Crippen molar-refractivity contribution in [2.45, 2.75) is 18.9 Å². The number of hydrogen-bond acceptors (Lipinski definition) is 5. The van der Waals surface area contributed by atoms with E-state index in [2.05, 4.69) is 0 Å². The van der Waals surface area contributed by atoms with Gasteiger partial charge in [-0.1, -0.05) is 42.5 Å². The molecule has 7 nitrogen and oxygen atoms in total. The molecule has 5 rings (SSSR count). The summed E-state index contributed by atoms with van der Waals surface area (Å²) in [6, 6.07) is 16.0. The first-order valence-electron chi connectivity index (χ1n) is 9.88. The van der Waals surface area contributed by atoms with Crippen LogP contribution in [0, 0.1) is 0 Å². The third-order valence-electron chi connectivity index (χ3n) is 5.86. The minimum atomic E-state index is -0.836. The number of rotatable bonds is 3. The van der Waals surface area contributed by atoms with Crippen molar-refractivity contribution in [3.05, 3.63) is 93.5 Å². The van der Waals surface area contributed by atoms with E-state index < -0.39 is 17.7 Å². The van der Waals surface area contributed by atoms with Crippen LogP contribution in [0.3, 0.4) is 0 Å². The van der Waals surface area contributed by atoms with Crippen LogP contribution in [-0.2, 0) is 20.9 Å². The first kappa shape index (κ1) is 19.0. The molecule has 7 heteroatoms. The Bertz CT molecular complexity index is 1340. The molecule has 0 N–H and O–H groups in total. The second-order valence-electron chi connectivity index (χ2n) is 7.67. The number of hydrogen-bond donors (Lipinski definition) is 0. The fraction of sp³-hybridized carbons (Fsp3) is 0.167. The van der Waals surface area contributed by atoms with Crippen molar-refractivity contribution in [1.29, 1.82) is 0 Å². The van der Waals surface area contributed by atoms with E-state index in [1.807, 2.05) is 30.3 Å². The maximum atomic E-state index is 13.1. The predicted octanol–water partition coefficient (Wildman–Crippen LogP) is 2.56. The Kier molecular flexibility index (Phi) is 4.32. The predicted molar refractivity (Wildman–Crippen MR) is 112 cm³/mol. The third kappa shape index (κ3) is 2.89. The van der Waals surface area contributed by atoms with Crippen molar-refractivity contribution in [2.24, 2.45) is 0 Å². The van der Waals surface area contributed by atoms with E-state index in [9.17, 15) is 19.2 Å². The van der Waals surface area contributed by atoms with Gasteiger partial charge in [0.1, 0.15) is 11.3 Å². The molecule has 0 bridgehead atoms. The Labute approximate surface area is 177 Å². The molecule has 0 saturated heterocycles. The van der Waals surface area contributed by atoms with Crippen molar-refractivity contribution < 1.29 is 18.8 Å². The molecule has 0 fully saturated rings. The minimum absolute atomic E-state index is 0.0464. The van der Waals surface area contributed by atoms with Crippen molar-refractivity contribution >= 4 is 28.7 Å². The summed E-state index contributed by atoms with van der Waals surface area (Å²) in [5.41, 5.74) is 1.37. The molecule has 0 radical (unpaired) electrons. The fourth-order valence-electron chi connectivity index (χ4n) is 4.27. The van der Waals surface area contributed by atoms with Gasteiger partial charge in [0.25, 0.3) is 11.8 Å². The lowest BCUT2D eigenvalue weighted by atomic mass is 9.84. The van der Waals surface area contributed by atoms with Crippen LogP contribution in [0.25, 0.3) is 11.0 Å². The summed E-state index contributed by atoms with van der Waals surface area (Å²) < 4.78 is 5.61. The van der Waals surface area contributed by atoms with Gasteiger partial charge in [-0.2, -0.15) is 0 Å². The molecule has 2 aliphatic heterocycles. The van der Waals surface area contributed by atoms with Crippen LogP contribution in [0.1, 0.15) is 23.5 Å². The van der Waals surface area contributed by atoms with E-state index in [-0.39, 0.29) is 41.1 Å². The lowest BCUT2D eigenvalue weighted by Gasteiger charge is -2.31. The molecule has 3 amide bonds. The summed E-state index contributed by atoms with van der Waals surface area (Å²) in [6.07, 6.45) is 1.21. The normalized spacial score (nSPS) is 18.9. The van der Waals surface area contributed by atoms with Gasteiger partial charge in [0.2, 0.25) is 5.91 Å². The highest BCUT2D eigenvalue weighted by Crippen LogP contribution is 2.41. The monoisotopic (exact) mass is 414 g/mol. The van der Waals surface area contributed by atoms with Crippen molar-refractivity contribution in [1.82, 2.24) is 9.80 Å². The van der Waals surface area contributed by atoms with Crippen LogP contribution in [0.2, 0.25) is 0 Å². The van der Waals surface area contributed by atoms with E-state index in [4.69, 9.17) is 4.42 Å². The van der Waals surface area contributed by atoms with Gasteiger partial charge in [-0.25, -0.2) is 0 Å². The zero-order chi connectivity index (χ0) is 21.7. The summed E-state index contributed by atoms with van der Waals surface area (Å²) in [5, 5.41) is 0.367. The molecular formula is C24H18N2O5. The molecule has 3 aromatic rings. The van der Waals surface area contributed by atoms with Crippen LogP contribution in [0.5, 0.6) is 0 Å². The average Bonchev–Trinajstić information content (AvgIpc) is 3.01. The largest absolute Gasteiger partial charge is 0.464 e. The van der Waals surface area contributed by atoms with Gasteiger partial charge in [-0.05, 0) is 17.7 Å². The number of imide groups is 1. The summed E-state index contributed by atoms with van der Waals surface area (Å²) in [6.45, 7) is 0.171. The molecule has 1 unspecified atom stereocenters. The van der Waals surface area contributed by atoms with Crippen LogP contribution in [0.15, 0.2) is 81.3 Å². The highest BCUT2D eigenvalue weighted by molar-refractivity contribution is 6.21. The molecule has 0 aliphatic carbocycles. The first-order valence-corrected chi connectivity index (χ1v) is 9.88. The Morgan fingerprint density at radius 2 is 1.65 bits per heavy atom. The molecule has 154 valence electrons. The number of carbonyl (C=O) groups is 3. The quantitative estimate of drug-likeness (QED) is 0.615. The molecular weight excluding hydrogens is 396 g/mol. The van der Waals surface area contributed by atoms with Gasteiger partial charge in [0, 0.05) is 24.9 Å². The molecule has 2 aliphatic rings. The van der Waals surface area contributed by atoms with Crippen molar-refractivity contribution in [3.8, 4) is 0 Å². The average molecular weight is 414 g/mol. The van der Waals surface area contributed by atoms with Crippen LogP contribution in [-0.4, -0.2) is 34.6 Å². The summed E-state index contributed by atoms with van der Waals surface area (Å²) in [4.78, 5) is 54.5. The number of para-hydroxylation sites is 1. The van der Waals surface area contributed by atoms with Crippen LogP contribution >= 0.6 is 0 Å². The molecule has 1 aromatic heterocycles. The molecule has 2 aromatic carbocycles. The molecule has 0 saturated carbocycles. The first-order chi connectivity index (χ1) is 15.0. The Morgan fingerprint density at radius 1 is 0.935 bits per heavy atom. The van der Waals surface area contributed by atoms with E-state index in [1.165, 1.54) is 18.2 Å². The topological polar surface area (TPSA) is 87.9 Å².